The average molecular weight is 258 g/mol. The average Bonchev–Trinajstić information content (AvgIpc) is 2.91. The third-order valence-electron chi connectivity index (χ3n) is 3.96. The highest BCUT2D eigenvalue weighted by Gasteiger charge is 2.20. The van der Waals surface area contributed by atoms with Crippen LogP contribution in [-0.4, -0.2) is 19.2 Å². The van der Waals surface area contributed by atoms with Crippen LogP contribution >= 0.6 is 0 Å². The molecule has 2 rings (SSSR count). The fourth-order valence-electron chi connectivity index (χ4n) is 2.49. The Hall–Kier alpha value is -1.53. The van der Waals surface area contributed by atoms with Crippen molar-refractivity contribution in [2.24, 2.45) is 0 Å². The summed E-state index contributed by atoms with van der Waals surface area (Å²) in [5, 5.41) is 12.1. The molecule has 0 amide bonds. The van der Waals surface area contributed by atoms with Gasteiger partial charge in [-0.25, -0.2) is 0 Å². The molecular formula is C16H22N2O. The van der Waals surface area contributed by atoms with Gasteiger partial charge in [0.1, 0.15) is 11.3 Å². The monoisotopic (exact) mass is 258 g/mol. The Balaban J connectivity index is 1.79. The molecule has 1 unspecified atom stereocenters. The van der Waals surface area contributed by atoms with Crippen molar-refractivity contribution in [1.29, 1.82) is 5.26 Å². The first-order valence-corrected chi connectivity index (χ1v) is 7.02. The second kappa shape index (κ2) is 6.08. The second-order valence-corrected chi connectivity index (χ2v) is 5.43. The van der Waals surface area contributed by atoms with Crippen molar-refractivity contribution in [1.82, 2.24) is 5.32 Å². The molecule has 1 N–H and O–H groups in total. The molecule has 19 heavy (non-hydrogen) atoms. The lowest BCUT2D eigenvalue weighted by Crippen LogP contribution is -2.38. The fraction of sp³-hybridized carbons (Fsp3) is 0.562. The molecule has 102 valence electrons. The number of hydrogen-bond donors (Lipinski definition) is 1. The molecule has 0 aromatic heterocycles. The molecule has 0 saturated heterocycles. The molecule has 0 fully saturated rings. The van der Waals surface area contributed by atoms with Gasteiger partial charge in [0, 0.05) is 0 Å². The summed E-state index contributed by atoms with van der Waals surface area (Å²) in [5.41, 5.74) is 2.47. The Morgan fingerprint density at radius 2 is 2.16 bits per heavy atom. The van der Waals surface area contributed by atoms with Crippen LogP contribution in [0, 0.1) is 11.3 Å². The molecule has 0 radical (unpaired) electrons. The van der Waals surface area contributed by atoms with Crippen LogP contribution in [0.2, 0.25) is 0 Å². The highest BCUT2D eigenvalue weighted by atomic mass is 16.5. The minimum absolute atomic E-state index is 0.443. The molecule has 0 heterocycles. The molecule has 0 aliphatic heterocycles. The van der Waals surface area contributed by atoms with Gasteiger partial charge in [-0.05, 0) is 69.3 Å². The smallest absolute Gasteiger partial charge is 0.119 e. The first-order chi connectivity index (χ1) is 9.17. The fourth-order valence-corrected chi connectivity index (χ4v) is 2.49. The minimum Gasteiger partial charge on any atom is -0.494 e. The Kier molecular flexibility index (Phi) is 4.44. The van der Waals surface area contributed by atoms with Gasteiger partial charge in [0.2, 0.25) is 0 Å². The van der Waals surface area contributed by atoms with E-state index in [2.05, 4.69) is 29.6 Å². The van der Waals surface area contributed by atoms with Gasteiger partial charge in [0.15, 0.2) is 0 Å². The van der Waals surface area contributed by atoms with E-state index in [9.17, 15) is 0 Å². The van der Waals surface area contributed by atoms with Gasteiger partial charge in [0.25, 0.3) is 0 Å². The maximum absolute atomic E-state index is 9.05. The Morgan fingerprint density at radius 1 is 1.37 bits per heavy atom. The summed E-state index contributed by atoms with van der Waals surface area (Å²) < 4.78 is 5.78. The molecule has 1 aliphatic carbocycles. The normalized spacial score (nSPS) is 16.5. The summed E-state index contributed by atoms with van der Waals surface area (Å²) >= 11 is 0. The van der Waals surface area contributed by atoms with E-state index < -0.39 is 5.54 Å². The lowest BCUT2D eigenvalue weighted by molar-refractivity contribution is 0.288. The highest BCUT2D eigenvalue weighted by molar-refractivity contribution is 5.38. The topological polar surface area (TPSA) is 45.0 Å². The summed E-state index contributed by atoms with van der Waals surface area (Å²) in [5.74, 6) is 0.962. The molecule has 1 aromatic carbocycles. The predicted octanol–water partition coefficient (Wildman–Crippen LogP) is 2.84. The quantitative estimate of drug-likeness (QED) is 0.798. The zero-order valence-corrected chi connectivity index (χ0v) is 11.8. The van der Waals surface area contributed by atoms with Crippen molar-refractivity contribution >= 4 is 0 Å². The summed E-state index contributed by atoms with van der Waals surface area (Å²) in [6.45, 7) is 2.58. The lowest BCUT2D eigenvalue weighted by atomic mass is 9.98. The van der Waals surface area contributed by atoms with E-state index in [-0.39, 0.29) is 0 Å². The number of rotatable bonds is 6. The molecule has 0 saturated carbocycles. The van der Waals surface area contributed by atoms with Crippen LogP contribution in [0.25, 0.3) is 0 Å². The number of aryl methyl sites for hydroxylation is 2. The maximum Gasteiger partial charge on any atom is 0.119 e. The number of fused-ring (bicyclic) bond motifs is 1. The van der Waals surface area contributed by atoms with Gasteiger partial charge in [-0.1, -0.05) is 6.07 Å². The van der Waals surface area contributed by atoms with Gasteiger partial charge in [-0.15, -0.1) is 0 Å². The zero-order valence-electron chi connectivity index (χ0n) is 11.8. The number of nitriles is 1. The van der Waals surface area contributed by atoms with Crippen LogP contribution in [-0.2, 0) is 12.8 Å². The van der Waals surface area contributed by atoms with Crippen LogP contribution < -0.4 is 10.1 Å². The number of ether oxygens (including phenoxy) is 1. The van der Waals surface area contributed by atoms with Gasteiger partial charge < -0.3 is 10.1 Å². The number of nitrogens with zero attached hydrogens (tertiary/aromatic N) is 1. The molecule has 3 nitrogen and oxygen atoms in total. The minimum atomic E-state index is -0.443. The highest BCUT2D eigenvalue weighted by Crippen LogP contribution is 2.26. The van der Waals surface area contributed by atoms with Gasteiger partial charge in [-0.3, -0.25) is 0 Å². The van der Waals surface area contributed by atoms with Gasteiger partial charge >= 0.3 is 0 Å². The number of benzene rings is 1. The molecule has 1 aromatic rings. The van der Waals surface area contributed by atoms with Crippen molar-refractivity contribution in [2.75, 3.05) is 13.7 Å². The molecule has 1 atom stereocenters. The first kappa shape index (κ1) is 13.9. The molecule has 0 bridgehead atoms. The number of hydrogen-bond acceptors (Lipinski definition) is 3. The summed E-state index contributed by atoms with van der Waals surface area (Å²) in [6.07, 6.45) is 5.32. The maximum atomic E-state index is 9.05. The summed E-state index contributed by atoms with van der Waals surface area (Å²) in [6, 6.07) is 8.71. The number of nitrogens with one attached hydrogen (secondary N) is 1. The third-order valence-corrected chi connectivity index (χ3v) is 3.96. The van der Waals surface area contributed by atoms with Crippen LogP contribution in [0.1, 0.15) is 37.3 Å². The van der Waals surface area contributed by atoms with E-state index in [1.54, 1.807) is 0 Å². The Labute approximate surface area is 115 Å². The van der Waals surface area contributed by atoms with Crippen LogP contribution in [0.4, 0.5) is 0 Å². The standard InChI is InChI=1S/C16H22N2O/c1-16(12-17,18-2)9-4-10-19-15-8-7-13-5-3-6-14(13)11-15/h7-8,11,18H,3-6,9-10H2,1-2H3. The van der Waals surface area contributed by atoms with E-state index in [0.29, 0.717) is 6.61 Å². The predicted molar refractivity (Wildman–Crippen MR) is 76.3 cm³/mol. The Bertz CT molecular complexity index is 478. The van der Waals surface area contributed by atoms with E-state index >= 15 is 0 Å². The van der Waals surface area contributed by atoms with E-state index in [4.69, 9.17) is 10.00 Å². The second-order valence-electron chi connectivity index (χ2n) is 5.43. The van der Waals surface area contributed by atoms with E-state index in [1.165, 1.54) is 30.4 Å². The van der Waals surface area contributed by atoms with Crippen LogP contribution in [0.15, 0.2) is 18.2 Å². The van der Waals surface area contributed by atoms with Crippen molar-refractivity contribution < 1.29 is 4.74 Å². The third kappa shape index (κ3) is 3.48. The van der Waals surface area contributed by atoms with E-state index in [1.807, 2.05) is 14.0 Å². The molecule has 1 aliphatic rings. The summed E-state index contributed by atoms with van der Waals surface area (Å²) in [4.78, 5) is 0. The van der Waals surface area contributed by atoms with Crippen molar-refractivity contribution in [3.05, 3.63) is 29.3 Å². The van der Waals surface area contributed by atoms with Gasteiger partial charge in [0.05, 0.1) is 12.7 Å². The zero-order chi connectivity index (χ0) is 13.7. The van der Waals surface area contributed by atoms with Crippen molar-refractivity contribution in [3.63, 3.8) is 0 Å². The van der Waals surface area contributed by atoms with E-state index in [0.717, 1.165) is 18.6 Å². The van der Waals surface area contributed by atoms with Crippen LogP contribution in [0.5, 0.6) is 5.75 Å². The van der Waals surface area contributed by atoms with Gasteiger partial charge in [-0.2, -0.15) is 5.26 Å². The SMILES string of the molecule is CNC(C)(C#N)CCCOc1ccc2c(c1)CCC2. The van der Waals surface area contributed by atoms with Crippen LogP contribution in [0.3, 0.4) is 0 Å². The molecule has 0 spiro atoms. The lowest BCUT2D eigenvalue weighted by Gasteiger charge is -2.20. The Morgan fingerprint density at radius 3 is 2.89 bits per heavy atom. The first-order valence-electron chi connectivity index (χ1n) is 7.02. The van der Waals surface area contributed by atoms with Crippen molar-refractivity contribution in [3.8, 4) is 11.8 Å². The molecule has 3 heteroatoms. The largest absolute Gasteiger partial charge is 0.494 e. The molecular weight excluding hydrogens is 236 g/mol. The van der Waals surface area contributed by atoms with Crippen molar-refractivity contribution in [2.45, 2.75) is 44.6 Å². The summed E-state index contributed by atoms with van der Waals surface area (Å²) in [7, 11) is 1.82.